The molecule has 0 aromatic carbocycles. The average molecular weight is 271 g/mol. The van der Waals surface area contributed by atoms with Crippen LogP contribution in [0, 0.1) is 0 Å². The van der Waals surface area contributed by atoms with Crippen molar-refractivity contribution in [3.8, 4) is 0 Å². The zero-order valence-electron chi connectivity index (χ0n) is 10.9. The maximum atomic E-state index is 12.2. The first-order chi connectivity index (χ1) is 8.49. The zero-order valence-corrected chi connectivity index (χ0v) is 10.9. The second-order valence-electron chi connectivity index (χ2n) is 4.13. The summed E-state index contributed by atoms with van der Waals surface area (Å²) in [5, 5.41) is 18.4. The summed E-state index contributed by atoms with van der Waals surface area (Å²) in [6.45, 7) is 1.71. The van der Waals surface area contributed by atoms with Crippen LogP contribution in [0.15, 0.2) is 0 Å². The van der Waals surface area contributed by atoms with Crippen molar-refractivity contribution in [1.29, 1.82) is 0 Å². The fourth-order valence-corrected chi connectivity index (χ4v) is 1.50. The number of aliphatic hydroxyl groups is 2. The number of alkyl halides is 2. The average Bonchev–Trinajstić information content (AvgIpc) is 2.26. The maximum Gasteiger partial charge on any atom is 0.251 e. The number of ether oxygens (including phenoxy) is 2. The molecular formula is C11H23F2NO4. The second-order valence-corrected chi connectivity index (χ2v) is 4.13. The van der Waals surface area contributed by atoms with Gasteiger partial charge in [0.05, 0.1) is 38.6 Å². The molecule has 18 heavy (non-hydrogen) atoms. The van der Waals surface area contributed by atoms with Crippen molar-refractivity contribution in [1.82, 2.24) is 4.90 Å². The van der Waals surface area contributed by atoms with Gasteiger partial charge in [0.15, 0.2) is 0 Å². The lowest BCUT2D eigenvalue weighted by Crippen LogP contribution is -2.40. The number of hydrogen-bond donors (Lipinski definition) is 2. The van der Waals surface area contributed by atoms with Crippen LogP contribution in [0.4, 0.5) is 8.78 Å². The number of methoxy groups -OCH3 is 1. The van der Waals surface area contributed by atoms with E-state index < -0.39 is 19.1 Å². The number of rotatable bonds is 11. The van der Waals surface area contributed by atoms with E-state index in [0.29, 0.717) is 6.61 Å². The molecule has 2 N–H and O–H groups in total. The van der Waals surface area contributed by atoms with Gasteiger partial charge in [-0.05, 0) is 6.92 Å². The van der Waals surface area contributed by atoms with Gasteiger partial charge in [-0.25, -0.2) is 8.78 Å². The third kappa shape index (κ3) is 9.67. The summed E-state index contributed by atoms with van der Waals surface area (Å²) in [7, 11) is 1.54. The Balaban J connectivity index is 3.89. The molecule has 110 valence electrons. The summed E-state index contributed by atoms with van der Waals surface area (Å²) in [5.74, 6) is 0. The first-order valence-corrected chi connectivity index (χ1v) is 5.89. The van der Waals surface area contributed by atoms with Gasteiger partial charge < -0.3 is 19.7 Å². The fourth-order valence-electron chi connectivity index (χ4n) is 1.50. The molecule has 0 aromatic heterocycles. The number of hydrogen-bond acceptors (Lipinski definition) is 5. The molecule has 0 fully saturated rings. The van der Waals surface area contributed by atoms with Crippen LogP contribution in [-0.2, 0) is 9.47 Å². The largest absolute Gasteiger partial charge is 0.395 e. The van der Waals surface area contributed by atoms with Crippen molar-refractivity contribution in [2.45, 2.75) is 25.6 Å². The fraction of sp³-hybridized carbons (Fsp3) is 1.00. The van der Waals surface area contributed by atoms with Crippen molar-refractivity contribution in [2.24, 2.45) is 0 Å². The Morgan fingerprint density at radius 3 is 2.39 bits per heavy atom. The van der Waals surface area contributed by atoms with Gasteiger partial charge in [-0.1, -0.05) is 0 Å². The molecule has 5 nitrogen and oxygen atoms in total. The van der Waals surface area contributed by atoms with Crippen LogP contribution < -0.4 is 0 Å². The first-order valence-electron chi connectivity index (χ1n) is 5.89. The van der Waals surface area contributed by atoms with Gasteiger partial charge >= 0.3 is 0 Å². The van der Waals surface area contributed by atoms with Crippen LogP contribution in [0.2, 0.25) is 0 Å². The summed E-state index contributed by atoms with van der Waals surface area (Å²) in [5.41, 5.74) is 0. The quantitative estimate of drug-likeness (QED) is 0.552. The minimum atomic E-state index is -2.49. The second kappa shape index (κ2) is 10.6. The molecular weight excluding hydrogens is 248 g/mol. The van der Waals surface area contributed by atoms with E-state index in [9.17, 15) is 13.9 Å². The minimum absolute atomic E-state index is 0.0462. The highest BCUT2D eigenvalue weighted by atomic mass is 19.3. The third-order valence-electron chi connectivity index (χ3n) is 2.26. The molecule has 0 spiro atoms. The van der Waals surface area contributed by atoms with E-state index in [1.807, 2.05) is 0 Å². The van der Waals surface area contributed by atoms with Crippen LogP contribution in [-0.4, -0.2) is 80.3 Å². The van der Waals surface area contributed by atoms with E-state index in [2.05, 4.69) is 0 Å². The van der Waals surface area contributed by atoms with Crippen molar-refractivity contribution >= 4 is 0 Å². The molecule has 0 bridgehead atoms. The van der Waals surface area contributed by atoms with E-state index in [0.717, 1.165) is 0 Å². The summed E-state index contributed by atoms with van der Waals surface area (Å²) in [4.78, 5) is 1.31. The maximum absolute atomic E-state index is 12.2. The smallest absolute Gasteiger partial charge is 0.251 e. The molecule has 0 saturated heterocycles. The summed E-state index contributed by atoms with van der Waals surface area (Å²) in [6.07, 6.45) is -3.52. The monoisotopic (exact) mass is 271 g/mol. The van der Waals surface area contributed by atoms with E-state index in [-0.39, 0.29) is 32.4 Å². The number of halogens is 2. The van der Waals surface area contributed by atoms with E-state index in [1.165, 1.54) is 4.90 Å². The van der Waals surface area contributed by atoms with E-state index in [4.69, 9.17) is 14.6 Å². The highest BCUT2D eigenvalue weighted by Gasteiger charge is 2.16. The minimum Gasteiger partial charge on any atom is -0.395 e. The SMILES string of the molecule is COCC(C)OCC(O)CN(CCO)CC(F)F. The molecule has 2 atom stereocenters. The third-order valence-corrected chi connectivity index (χ3v) is 2.26. The van der Waals surface area contributed by atoms with Crippen LogP contribution in [0.3, 0.4) is 0 Å². The van der Waals surface area contributed by atoms with E-state index in [1.54, 1.807) is 14.0 Å². The lowest BCUT2D eigenvalue weighted by Gasteiger charge is -2.24. The van der Waals surface area contributed by atoms with Gasteiger partial charge in [0.2, 0.25) is 0 Å². The Labute approximate surface area is 106 Å². The van der Waals surface area contributed by atoms with Gasteiger partial charge in [-0.2, -0.15) is 0 Å². The molecule has 0 saturated carbocycles. The highest BCUT2D eigenvalue weighted by Crippen LogP contribution is 2.01. The molecule has 0 rings (SSSR count). The normalized spacial score (nSPS) is 15.3. The van der Waals surface area contributed by atoms with Gasteiger partial charge in [0, 0.05) is 20.2 Å². The molecule has 7 heteroatoms. The van der Waals surface area contributed by atoms with Gasteiger partial charge in [0.1, 0.15) is 0 Å². The Hall–Kier alpha value is -0.340. The molecule has 0 aliphatic carbocycles. The first kappa shape index (κ1) is 17.7. The molecule has 0 aliphatic heterocycles. The molecule has 0 aliphatic rings. The van der Waals surface area contributed by atoms with Crippen molar-refractivity contribution < 1.29 is 28.5 Å². The van der Waals surface area contributed by atoms with Gasteiger partial charge in [-0.3, -0.25) is 4.90 Å². The van der Waals surface area contributed by atoms with Crippen molar-refractivity contribution in [3.63, 3.8) is 0 Å². The molecule has 0 radical (unpaired) electrons. The van der Waals surface area contributed by atoms with Crippen LogP contribution in [0.5, 0.6) is 0 Å². The standard InChI is InChI=1S/C11H23F2NO4/c1-9(7-17-2)18-8-10(16)5-14(3-4-15)6-11(12)13/h9-11,15-16H,3-8H2,1-2H3. The lowest BCUT2D eigenvalue weighted by molar-refractivity contribution is -0.0443. The van der Waals surface area contributed by atoms with Crippen molar-refractivity contribution in [3.05, 3.63) is 0 Å². The predicted molar refractivity (Wildman–Crippen MR) is 62.8 cm³/mol. The van der Waals surface area contributed by atoms with Gasteiger partial charge in [0.25, 0.3) is 6.43 Å². The molecule has 0 amide bonds. The highest BCUT2D eigenvalue weighted by molar-refractivity contribution is 4.66. The predicted octanol–water partition coefficient (Wildman–Crippen LogP) is -0.0418. The summed E-state index contributed by atoms with van der Waals surface area (Å²) >= 11 is 0. The molecule has 0 aromatic rings. The molecule has 2 unspecified atom stereocenters. The zero-order chi connectivity index (χ0) is 14.0. The summed E-state index contributed by atoms with van der Waals surface area (Å²) in [6, 6.07) is 0. The van der Waals surface area contributed by atoms with Gasteiger partial charge in [-0.15, -0.1) is 0 Å². The van der Waals surface area contributed by atoms with Crippen LogP contribution in [0.25, 0.3) is 0 Å². The number of aliphatic hydroxyl groups excluding tert-OH is 2. The Morgan fingerprint density at radius 1 is 1.22 bits per heavy atom. The van der Waals surface area contributed by atoms with Crippen LogP contribution in [0.1, 0.15) is 6.92 Å². The lowest BCUT2D eigenvalue weighted by atomic mass is 10.3. The summed E-state index contributed by atoms with van der Waals surface area (Å²) < 4.78 is 34.6. The molecule has 0 heterocycles. The topological polar surface area (TPSA) is 62.2 Å². The number of nitrogens with zero attached hydrogens (tertiary/aromatic N) is 1. The van der Waals surface area contributed by atoms with Crippen molar-refractivity contribution in [2.75, 3.05) is 46.6 Å². The Morgan fingerprint density at radius 2 is 1.89 bits per heavy atom. The Bertz CT molecular complexity index is 198. The van der Waals surface area contributed by atoms with Crippen LogP contribution >= 0.6 is 0 Å². The van der Waals surface area contributed by atoms with E-state index >= 15 is 0 Å². The Kier molecular flexibility index (Phi) is 10.4.